The molecule has 0 aliphatic heterocycles. The molecule has 1 unspecified atom stereocenters. The van der Waals surface area contributed by atoms with Gasteiger partial charge in [0.1, 0.15) is 11.8 Å². The molecular formula is C21H20N2O5. The van der Waals surface area contributed by atoms with Crippen LogP contribution >= 0.6 is 0 Å². The van der Waals surface area contributed by atoms with Gasteiger partial charge in [0.15, 0.2) is 0 Å². The predicted octanol–water partition coefficient (Wildman–Crippen LogP) is 2.29. The van der Waals surface area contributed by atoms with E-state index in [1.165, 1.54) is 31.9 Å². The third-order valence-electron chi connectivity index (χ3n) is 4.42. The van der Waals surface area contributed by atoms with E-state index < -0.39 is 17.9 Å². The van der Waals surface area contributed by atoms with Crippen LogP contribution in [0.5, 0.6) is 5.75 Å². The second kappa shape index (κ2) is 7.96. The first-order chi connectivity index (χ1) is 13.5. The average molecular weight is 380 g/mol. The molecule has 3 aromatic rings. The fourth-order valence-electron chi connectivity index (χ4n) is 2.99. The third kappa shape index (κ3) is 3.46. The van der Waals surface area contributed by atoms with Gasteiger partial charge in [0.25, 0.3) is 11.5 Å². The molecule has 144 valence electrons. The van der Waals surface area contributed by atoms with Crippen molar-refractivity contribution in [3.8, 4) is 11.4 Å². The van der Waals surface area contributed by atoms with Gasteiger partial charge in [-0.3, -0.25) is 14.2 Å². The van der Waals surface area contributed by atoms with E-state index in [1.807, 2.05) is 0 Å². The summed E-state index contributed by atoms with van der Waals surface area (Å²) in [6.07, 6.45) is 1.46. The Morgan fingerprint density at radius 2 is 1.64 bits per heavy atom. The fourth-order valence-corrected chi connectivity index (χ4v) is 2.99. The molecule has 0 bridgehead atoms. The van der Waals surface area contributed by atoms with Gasteiger partial charge in [0.05, 0.1) is 25.5 Å². The van der Waals surface area contributed by atoms with Gasteiger partial charge < -0.3 is 14.8 Å². The largest absolute Gasteiger partial charge is 0.495 e. The van der Waals surface area contributed by atoms with E-state index in [1.54, 1.807) is 48.5 Å². The van der Waals surface area contributed by atoms with Crippen molar-refractivity contribution in [2.24, 2.45) is 0 Å². The van der Waals surface area contributed by atoms with Crippen LogP contribution in [-0.2, 0) is 9.53 Å². The summed E-state index contributed by atoms with van der Waals surface area (Å²) in [6, 6.07) is 13.0. The minimum atomic E-state index is -0.831. The summed E-state index contributed by atoms with van der Waals surface area (Å²) in [5.74, 6) is -0.553. The van der Waals surface area contributed by atoms with E-state index in [-0.39, 0.29) is 11.1 Å². The molecule has 1 aromatic heterocycles. The van der Waals surface area contributed by atoms with Crippen LogP contribution in [0.25, 0.3) is 16.5 Å². The number of nitrogens with one attached hydrogen (secondary N) is 1. The smallest absolute Gasteiger partial charge is 0.328 e. The van der Waals surface area contributed by atoms with E-state index in [0.29, 0.717) is 22.2 Å². The van der Waals surface area contributed by atoms with Gasteiger partial charge in [-0.2, -0.15) is 0 Å². The van der Waals surface area contributed by atoms with Crippen molar-refractivity contribution in [2.75, 3.05) is 14.2 Å². The summed E-state index contributed by atoms with van der Waals surface area (Å²) in [4.78, 5) is 37.6. The Hall–Kier alpha value is -3.61. The first-order valence-electron chi connectivity index (χ1n) is 8.64. The Labute approximate surface area is 161 Å². The van der Waals surface area contributed by atoms with E-state index in [4.69, 9.17) is 4.74 Å². The highest BCUT2D eigenvalue weighted by molar-refractivity contribution is 6.07. The molecule has 1 N–H and O–H groups in total. The molecule has 0 spiro atoms. The Balaban J connectivity index is 2.20. The van der Waals surface area contributed by atoms with E-state index in [0.717, 1.165) is 0 Å². The number of carbonyl (C=O) groups is 2. The first kappa shape index (κ1) is 19.2. The van der Waals surface area contributed by atoms with Crippen molar-refractivity contribution in [1.29, 1.82) is 0 Å². The van der Waals surface area contributed by atoms with Crippen LogP contribution in [0.3, 0.4) is 0 Å². The standard InChI is InChI=1S/C21H20N2O5/c1-13(21(26)28-3)22-19(24)16-12-23(17-10-6-7-11-18(17)27-2)20(25)15-9-5-4-8-14(15)16/h4-13H,1-3H3,(H,22,24). The van der Waals surface area contributed by atoms with Crippen LogP contribution in [0.2, 0.25) is 0 Å². The maximum absolute atomic E-state index is 13.1. The summed E-state index contributed by atoms with van der Waals surface area (Å²) in [6.45, 7) is 1.53. The lowest BCUT2D eigenvalue weighted by Crippen LogP contribution is -2.39. The van der Waals surface area contributed by atoms with E-state index >= 15 is 0 Å². The first-order valence-corrected chi connectivity index (χ1v) is 8.64. The normalized spacial score (nSPS) is 11.7. The van der Waals surface area contributed by atoms with Crippen molar-refractivity contribution >= 4 is 22.6 Å². The zero-order valence-corrected chi connectivity index (χ0v) is 15.8. The maximum atomic E-state index is 13.1. The van der Waals surface area contributed by atoms with Crippen molar-refractivity contribution in [3.05, 3.63) is 70.6 Å². The summed E-state index contributed by atoms with van der Waals surface area (Å²) in [5.41, 5.74) is 0.491. The zero-order valence-electron chi connectivity index (χ0n) is 15.8. The molecule has 0 aliphatic rings. The Kier molecular flexibility index (Phi) is 5.44. The minimum Gasteiger partial charge on any atom is -0.495 e. The lowest BCUT2D eigenvalue weighted by molar-refractivity contribution is -0.142. The second-order valence-electron chi connectivity index (χ2n) is 6.15. The SMILES string of the molecule is COC(=O)C(C)NC(=O)c1cn(-c2ccccc2OC)c(=O)c2ccccc12. The van der Waals surface area contributed by atoms with Crippen molar-refractivity contribution in [2.45, 2.75) is 13.0 Å². The number of ether oxygens (including phenoxy) is 2. The minimum absolute atomic E-state index is 0.261. The molecule has 28 heavy (non-hydrogen) atoms. The van der Waals surface area contributed by atoms with E-state index in [9.17, 15) is 14.4 Å². The van der Waals surface area contributed by atoms with Crippen LogP contribution in [0.15, 0.2) is 59.5 Å². The van der Waals surface area contributed by atoms with Crippen LogP contribution in [0.4, 0.5) is 0 Å². The van der Waals surface area contributed by atoms with Crippen LogP contribution in [-0.4, -0.2) is 36.7 Å². The summed E-state index contributed by atoms with van der Waals surface area (Å²) < 4.78 is 11.4. The molecule has 0 saturated carbocycles. The number of rotatable bonds is 5. The number of benzene rings is 2. The second-order valence-corrected chi connectivity index (χ2v) is 6.15. The van der Waals surface area contributed by atoms with Crippen molar-refractivity contribution < 1.29 is 19.1 Å². The molecule has 0 radical (unpaired) electrons. The molecule has 7 heteroatoms. The molecule has 7 nitrogen and oxygen atoms in total. The summed E-state index contributed by atoms with van der Waals surface area (Å²) >= 11 is 0. The van der Waals surface area contributed by atoms with Gasteiger partial charge in [-0.15, -0.1) is 0 Å². The number of esters is 1. The Bertz CT molecular complexity index is 1100. The van der Waals surface area contributed by atoms with Crippen LogP contribution < -0.4 is 15.6 Å². The maximum Gasteiger partial charge on any atom is 0.328 e. The summed E-state index contributed by atoms with van der Waals surface area (Å²) in [5, 5.41) is 3.48. The molecule has 0 saturated heterocycles. The summed E-state index contributed by atoms with van der Waals surface area (Å²) in [7, 11) is 2.76. The molecule has 1 atom stereocenters. The zero-order chi connectivity index (χ0) is 20.3. The number of fused-ring (bicyclic) bond motifs is 1. The lowest BCUT2D eigenvalue weighted by Gasteiger charge is -2.16. The number of carbonyl (C=O) groups excluding carboxylic acids is 2. The number of hydrogen-bond donors (Lipinski definition) is 1. The third-order valence-corrected chi connectivity index (χ3v) is 4.42. The average Bonchev–Trinajstić information content (AvgIpc) is 2.73. The molecule has 3 rings (SSSR count). The van der Waals surface area contributed by atoms with Gasteiger partial charge in [-0.05, 0) is 25.1 Å². The Morgan fingerprint density at radius 3 is 2.32 bits per heavy atom. The number of amides is 1. The Morgan fingerprint density at radius 1 is 1.00 bits per heavy atom. The molecule has 1 amide bonds. The number of hydrogen-bond acceptors (Lipinski definition) is 5. The van der Waals surface area contributed by atoms with Gasteiger partial charge in [-0.1, -0.05) is 30.3 Å². The fraction of sp³-hybridized carbons (Fsp3) is 0.190. The molecular weight excluding hydrogens is 360 g/mol. The highest BCUT2D eigenvalue weighted by Gasteiger charge is 2.21. The van der Waals surface area contributed by atoms with Crippen molar-refractivity contribution in [3.63, 3.8) is 0 Å². The molecule has 1 heterocycles. The molecule has 0 fully saturated rings. The number of pyridine rings is 1. The number of aromatic nitrogens is 1. The predicted molar refractivity (Wildman–Crippen MR) is 105 cm³/mol. The van der Waals surface area contributed by atoms with Gasteiger partial charge >= 0.3 is 5.97 Å². The lowest BCUT2D eigenvalue weighted by atomic mass is 10.1. The van der Waals surface area contributed by atoms with Crippen LogP contribution in [0.1, 0.15) is 17.3 Å². The number of methoxy groups -OCH3 is 2. The van der Waals surface area contributed by atoms with Crippen LogP contribution in [0, 0.1) is 0 Å². The highest BCUT2D eigenvalue weighted by Crippen LogP contribution is 2.23. The van der Waals surface area contributed by atoms with Gasteiger partial charge in [-0.25, -0.2) is 4.79 Å². The number of para-hydroxylation sites is 2. The highest BCUT2D eigenvalue weighted by atomic mass is 16.5. The van der Waals surface area contributed by atoms with Gasteiger partial charge in [0, 0.05) is 17.0 Å². The molecule has 0 aliphatic carbocycles. The van der Waals surface area contributed by atoms with Crippen molar-refractivity contribution in [1.82, 2.24) is 9.88 Å². The quantitative estimate of drug-likeness (QED) is 0.687. The molecule has 2 aromatic carbocycles. The monoisotopic (exact) mass is 380 g/mol. The van der Waals surface area contributed by atoms with Gasteiger partial charge in [0.2, 0.25) is 0 Å². The van der Waals surface area contributed by atoms with E-state index in [2.05, 4.69) is 10.1 Å². The number of nitrogens with zero attached hydrogens (tertiary/aromatic N) is 1. The topological polar surface area (TPSA) is 86.6 Å².